The van der Waals surface area contributed by atoms with E-state index in [4.69, 9.17) is 58.0 Å². The van der Waals surface area contributed by atoms with Gasteiger partial charge >= 0.3 is 10.1 Å². The molecule has 15 heteroatoms. The van der Waals surface area contributed by atoms with Gasteiger partial charge in [0.15, 0.2) is 0 Å². The lowest BCUT2D eigenvalue weighted by atomic mass is 10.2. The molecule has 0 radical (unpaired) electrons. The van der Waals surface area contributed by atoms with E-state index in [1.54, 1.807) is 0 Å². The highest BCUT2D eigenvalue weighted by Gasteiger charge is 2.47. The number of hydrogen-bond donors (Lipinski definition) is 0. The second-order valence-corrected chi connectivity index (χ2v) is 10.6. The number of halogens is 10. The van der Waals surface area contributed by atoms with E-state index in [0.29, 0.717) is 16.7 Å². The van der Waals surface area contributed by atoms with Crippen molar-refractivity contribution in [3.63, 3.8) is 0 Å². The molecule has 4 nitrogen and oxygen atoms in total. The SMILES string of the molecule is N#Cc1c(S(=O)(=O)C(F)(Cl)Cl)c(Br)n(-c2c(Cl)cc(C(F)(F)F)cc2Cl)c1Cl. The Morgan fingerprint density at radius 3 is 1.89 bits per heavy atom. The largest absolute Gasteiger partial charge is 0.416 e. The Hall–Kier alpha value is -0.410. The van der Waals surface area contributed by atoms with Crippen molar-refractivity contribution in [2.45, 2.75) is 15.0 Å². The van der Waals surface area contributed by atoms with Gasteiger partial charge in [-0.15, -0.1) is 0 Å². The zero-order chi connectivity index (χ0) is 21.8. The summed E-state index contributed by atoms with van der Waals surface area (Å²) >= 11 is 30.7. The fourth-order valence-electron chi connectivity index (χ4n) is 2.09. The maximum absolute atomic E-state index is 13.8. The van der Waals surface area contributed by atoms with Gasteiger partial charge in [-0.05, 0) is 51.3 Å². The minimum Gasteiger partial charge on any atom is -0.289 e. The van der Waals surface area contributed by atoms with Crippen LogP contribution in [0.1, 0.15) is 11.1 Å². The summed E-state index contributed by atoms with van der Waals surface area (Å²) in [5.74, 6) is 0. The molecule has 0 saturated carbocycles. The Labute approximate surface area is 188 Å². The molecule has 2 aromatic rings. The number of nitrogens with zero attached hydrogens (tertiary/aromatic N) is 2. The predicted molar refractivity (Wildman–Crippen MR) is 101 cm³/mol. The molecular weight excluding hydrogens is 581 g/mol. The molecular formula is C13H2BrCl5F4N2O2S. The standard InChI is InChI=1S/C13H2BrCl5F4N2O2S/c14-10-9(28(26,27)13(18,19)23)5(3-24)11(17)25(10)8-6(15)1-4(2-7(8)16)12(20,21)22/h1-2H. The molecule has 0 aliphatic rings. The lowest BCUT2D eigenvalue weighted by Crippen LogP contribution is -2.21. The topological polar surface area (TPSA) is 62.9 Å². The third kappa shape index (κ3) is 3.95. The molecule has 0 N–H and O–H groups in total. The van der Waals surface area contributed by atoms with Gasteiger partial charge in [0.1, 0.15) is 26.3 Å². The van der Waals surface area contributed by atoms with Crippen LogP contribution in [0.5, 0.6) is 0 Å². The third-order valence-electron chi connectivity index (χ3n) is 3.27. The van der Waals surface area contributed by atoms with Gasteiger partial charge in [0.05, 0.1) is 21.3 Å². The van der Waals surface area contributed by atoms with Crippen molar-refractivity contribution in [2.24, 2.45) is 0 Å². The molecule has 0 aliphatic heterocycles. The van der Waals surface area contributed by atoms with Gasteiger partial charge in [-0.2, -0.15) is 22.8 Å². The summed E-state index contributed by atoms with van der Waals surface area (Å²) in [4.78, 5) is -1.04. The number of nitriles is 1. The van der Waals surface area contributed by atoms with Crippen LogP contribution in [-0.4, -0.2) is 16.9 Å². The molecule has 0 atom stereocenters. The average molecular weight is 583 g/mol. The average Bonchev–Trinajstić information content (AvgIpc) is 2.76. The smallest absolute Gasteiger partial charge is 0.289 e. The normalized spacial score (nSPS) is 12.9. The van der Waals surface area contributed by atoms with Crippen molar-refractivity contribution >= 4 is 83.8 Å². The van der Waals surface area contributed by atoms with Crippen LogP contribution >= 0.6 is 73.9 Å². The van der Waals surface area contributed by atoms with E-state index in [1.807, 2.05) is 0 Å². The van der Waals surface area contributed by atoms with Crippen LogP contribution in [0.25, 0.3) is 5.69 Å². The summed E-state index contributed by atoms with van der Waals surface area (Å²) in [6, 6.07) is 2.45. The minimum atomic E-state index is -5.19. The summed E-state index contributed by atoms with van der Waals surface area (Å²) in [6.45, 7) is 0. The predicted octanol–water partition coefficient (Wildman–Crippen LogP) is 6.92. The van der Waals surface area contributed by atoms with Gasteiger partial charge in [-0.25, -0.2) is 8.42 Å². The molecule has 1 aromatic carbocycles. The molecule has 0 aliphatic carbocycles. The molecule has 0 saturated heterocycles. The molecule has 2 rings (SSSR count). The van der Waals surface area contributed by atoms with Gasteiger partial charge < -0.3 is 0 Å². The van der Waals surface area contributed by atoms with E-state index >= 15 is 0 Å². The Morgan fingerprint density at radius 1 is 1.07 bits per heavy atom. The van der Waals surface area contributed by atoms with Crippen LogP contribution < -0.4 is 0 Å². The molecule has 0 unspecified atom stereocenters. The van der Waals surface area contributed by atoms with E-state index in [9.17, 15) is 31.2 Å². The highest BCUT2D eigenvalue weighted by Crippen LogP contribution is 2.47. The first-order valence-corrected chi connectivity index (χ1v) is 10.6. The number of sulfone groups is 1. The number of hydrogen-bond acceptors (Lipinski definition) is 3. The van der Waals surface area contributed by atoms with Gasteiger partial charge in [0.2, 0.25) is 9.84 Å². The van der Waals surface area contributed by atoms with Gasteiger partial charge in [-0.3, -0.25) is 4.57 Å². The quantitative estimate of drug-likeness (QED) is 0.291. The Morgan fingerprint density at radius 2 is 1.54 bits per heavy atom. The van der Waals surface area contributed by atoms with Crippen LogP contribution in [0.2, 0.25) is 15.2 Å². The van der Waals surface area contributed by atoms with E-state index in [0.717, 1.165) is 0 Å². The summed E-state index contributed by atoms with van der Waals surface area (Å²) in [5.41, 5.74) is -2.38. The fourth-order valence-corrected chi connectivity index (χ4v) is 5.82. The van der Waals surface area contributed by atoms with Crippen LogP contribution in [-0.2, 0) is 16.0 Å². The zero-order valence-electron chi connectivity index (χ0n) is 12.6. The lowest BCUT2D eigenvalue weighted by molar-refractivity contribution is -0.137. The Balaban J connectivity index is 2.94. The number of rotatable bonds is 3. The van der Waals surface area contributed by atoms with Crippen LogP contribution in [0.15, 0.2) is 21.6 Å². The van der Waals surface area contributed by atoms with Gasteiger partial charge in [-0.1, -0.05) is 34.8 Å². The van der Waals surface area contributed by atoms with E-state index < -0.39 is 61.4 Å². The highest BCUT2D eigenvalue weighted by molar-refractivity contribution is 9.10. The van der Waals surface area contributed by atoms with Crippen molar-refractivity contribution in [2.75, 3.05) is 0 Å². The molecule has 1 aromatic heterocycles. The first kappa shape index (κ1) is 23.9. The monoisotopic (exact) mass is 580 g/mol. The lowest BCUT2D eigenvalue weighted by Gasteiger charge is -2.15. The van der Waals surface area contributed by atoms with E-state index in [1.165, 1.54) is 6.07 Å². The van der Waals surface area contributed by atoms with Crippen molar-refractivity contribution in [3.8, 4) is 11.8 Å². The maximum atomic E-state index is 13.8. The van der Waals surface area contributed by atoms with E-state index in [-0.39, 0.29) is 0 Å². The molecule has 0 fully saturated rings. The first-order chi connectivity index (χ1) is 12.6. The van der Waals surface area contributed by atoms with Gasteiger partial charge in [0.25, 0.3) is 0 Å². The number of aromatic nitrogens is 1. The number of benzene rings is 1. The van der Waals surface area contributed by atoms with Crippen molar-refractivity contribution in [1.29, 1.82) is 5.26 Å². The van der Waals surface area contributed by atoms with Crippen molar-refractivity contribution < 1.29 is 26.0 Å². The fraction of sp³-hybridized carbons (Fsp3) is 0.154. The van der Waals surface area contributed by atoms with Crippen LogP contribution in [0.4, 0.5) is 17.6 Å². The van der Waals surface area contributed by atoms with Gasteiger partial charge in [0, 0.05) is 0 Å². The summed E-state index contributed by atoms with van der Waals surface area (Å²) in [7, 11) is -5.19. The zero-order valence-corrected chi connectivity index (χ0v) is 18.7. The highest BCUT2D eigenvalue weighted by atomic mass is 79.9. The molecule has 1 heterocycles. The molecule has 0 bridgehead atoms. The van der Waals surface area contributed by atoms with E-state index in [2.05, 4.69) is 15.9 Å². The third-order valence-corrected chi connectivity index (χ3v) is 7.98. The summed E-state index contributed by atoms with van der Waals surface area (Å²) in [5, 5.41) is 7.42. The summed E-state index contributed by atoms with van der Waals surface area (Å²) < 4.78 is 73.4. The van der Waals surface area contributed by atoms with Crippen LogP contribution in [0.3, 0.4) is 0 Å². The molecule has 28 heavy (non-hydrogen) atoms. The minimum absolute atomic E-state index is 0.403. The maximum Gasteiger partial charge on any atom is 0.416 e. The second kappa shape index (κ2) is 7.69. The van der Waals surface area contributed by atoms with Crippen molar-refractivity contribution in [1.82, 2.24) is 4.57 Å². The Bertz CT molecular complexity index is 1100. The summed E-state index contributed by atoms with van der Waals surface area (Å²) in [6.07, 6.45) is -4.78. The molecule has 0 amide bonds. The van der Waals surface area contributed by atoms with Crippen molar-refractivity contribution in [3.05, 3.63) is 43.1 Å². The first-order valence-electron chi connectivity index (χ1n) is 6.43. The Kier molecular flexibility index (Phi) is 6.55. The second-order valence-electron chi connectivity index (χ2n) is 4.97. The molecule has 0 spiro atoms. The molecule has 152 valence electrons. The number of alkyl halides is 6. The van der Waals surface area contributed by atoms with Crippen LogP contribution in [0, 0.1) is 11.3 Å².